The highest BCUT2D eigenvalue weighted by atomic mass is 14.0. The first kappa shape index (κ1) is 11.7. The van der Waals surface area contributed by atoms with Crippen LogP contribution >= 0.6 is 0 Å². The highest BCUT2D eigenvalue weighted by Gasteiger charge is 1.94. The summed E-state index contributed by atoms with van der Waals surface area (Å²) in [6.07, 6.45) is 9.20. The Kier molecular flexibility index (Phi) is 7.23. The Morgan fingerprint density at radius 1 is 1.17 bits per heavy atom. The summed E-state index contributed by atoms with van der Waals surface area (Å²) in [7, 11) is 0. The molecular formula is C12H24. The molecule has 0 atom stereocenters. The van der Waals surface area contributed by atoms with E-state index in [1.807, 2.05) is 0 Å². The van der Waals surface area contributed by atoms with Crippen LogP contribution in [0, 0.1) is 5.92 Å². The second-order valence-corrected chi connectivity index (χ2v) is 3.95. The van der Waals surface area contributed by atoms with Crippen molar-refractivity contribution >= 4 is 0 Å². The second-order valence-electron chi connectivity index (χ2n) is 3.95. The van der Waals surface area contributed by atoms with E-state index in [1.54, 1.807) is 5.57 Å². The minimum atomic E-state index is 0.733. The SMILES string of the molecule is CCCCCCC=C(C)C(C)C. The van der Waals surface area contributed by atoms with Crippen molar-refractivity contribution in [1.29, 1.82) is 0 Å². The van der Waals surface area contributed by atoms with Crippen LogP contribution in [-0.4, -0.2) is 0 Å². The molecule has 0 heterocycles. The standard InChI is InChI=1S/C12H24/c1-5-6-7-8-9-10-12(4)11(2)3/h10-11H,5-9H2,1-4H3. The van der Waals surface area contributed by atoms with Gasteiger partial charge in [0.05, 0.1) is 0 Å². The van der Waals surface area contributed by atoms with E-state index in [0.29, 0.717) is 0 Å². The Balaban J connectivity index is 3.34. The maximum atomic E-state index is 2.40. The van der Waals surface area contributed by atoms with Crippen LogP contribution in [0.15, 0.2) is 11.6 Å². The van der Waals surface area contributed by atoms with Crippen molar-refractivity contribution in [3.05, 3.63) is 11.6 Å². The largest absolute Gasteiger partial charge is 0.0854 e. The third-order valence-corrected chi connectivity index (χ3v) is 2.43. The molecule has 0 amide bonds. The van der Waals surface area contributed by atoms with Crippen molar-refractivity contribution in [1.82, 2.24) is 0 Å². The molecule has 0 aliphatic carbocycles. The van der Waals surface area contributed by atoms with Gasteiger partial charge in [0.2, 0.25) is 0 Å². The average Bonchev–Trinajstić information content (AvgIpc) is 2.03. The molecule has 0 aromatic heterocycles. The predicted octanol–water partition coefficient (Wildman–Crippen LogP) is 4.56. The van der Waals surface area contributed by atoms with Gasteiger partial charge in [-0.3, -0.25) is 0 Å². The number of hydrogen-bond donors (Lipinski definition) is 0. The fourth-order valence-corrected chi connectivity index (χ4v) is 1.14. The van der Waals surface area contributed by atoms with Gasteiger partial charge in [-0.05, 0) is 25.7 Å². The summed E-state index contributed by atoms with van der Waals surface area (Å²) in [5.41, 5.74) is 1.55. The topological polar surface area (TPSA) is 0 Å². The quantitative estimate of drug-likeness (QED) is 0.403. The van der Waals surface area contributed by atoms with Crippen LogP contribution in [0.4, 0.5) is 0 Å². The number of hydrogen-bond acceptors (Lipinski definition) is 0. The predicted molar refractivity (Wildman–Crippen MR) is 57.4 cm³/mol. The summed E-state index contributed by atoms with van der Waals surface area (Å²) in [5.74, 6) is 0.733. The van der Waals surface area contributed by atoms with Crippen LogP contribution in [0.25, 0.3) is 0 Å². The van der Waals surface area contributed by atoms with Crippen LogP contribution < -0.4 is 0 Å². The monoisotopic (exact) mass is 168 g/mol. The zero-order valence-corrected chi connectivity index (χ0v) is 9.19. The minimum Gasteiger partial charge on any atom is -0.0854 e. The van der Waals surface area contributed by atoms with E-state index < -0.39 is 0 Å². The first-order chi connectivity index (χ1) is 5.68. The zero-order chi connectivity index (χ0) is 9.40. The Bertz CT molecular complexity index is 120. The van der Waals surface area contributed by atoms with Crippen molar-refractivity contribution in [3.63, 3.8) is 0 Å². The molecule has 0 N–H and O–H groups in total. The molecule has 0 nitrogen and oxygen atoms in total. The molecule has 0 fully saturated rings. The smallest absolute Gasteiger partial charge is 0.0263 e. The van der Waals surface area contributed by atoms with E-state index >= 15 is 0 Å². The van der Waals surface area contributed by atoms with Crippen molar-refractivity contribution in [2.75, 3.05) is 0 Å². The maximum Gasteiger partial charge on any atom is -0.0263 e. The molecule has 0 rings (SSSR count). The summed E-state index contributed by atoms with van der Waals surface area (Å²) in [4.78, 5) is 0. The van der Waals surface area contributed by atoms with Crippen molar-refractivity contribution in [3.8, 4) is 0 Å². The molecule has 0 saturated carbocycles. The average molecular weight is 168 g/mol. The highest BCUT2D eigenvalue weighted by Crippen LogP contribution is 2.11. The van der Waals surface area contributed by atoms with Gasteiger partial charge in [0, 0.05) is 0 Å². The minimum absolute atomic E-state index is 0.733. The van der Waals surface area contributed by atoms with E-state index in [1.165, 1.54) is 32.1 Å². The lowest BCUT2D eigenvalue weighted by atomic mass is 10.0. The third-order valence-electron chi connectivity index (χ3n) is 2.43. The lowest BCUT2D eigenvalue weighted by molar-refractivity contribution is 0.667. The lowest BCUT2D eigenvalue weighted by Crippen LogP contribution is -1.88. The second kappa shape index (κ2) is 7.39. The molecular weight excluding hydrogens is 144 g/mol. The van der Waals surface area contributed by atoms with Gasteiger partial charge in [0.25, 0.3) is 0 Å². The van der Waals surface area contributed by atoms with E-state index in [0.717, 1.165) is 5.92 Å². The Labute approximate surface area is 78.1 Å². The van der Waals surface area contributed by atoms with E-state index in [4.69, 9.17) is 0 Å². The number of allylic oxidation sites excluding steroid dienone is 2. The molecule has 0 aromatic carbocycles. The summed E-state index contributed by atoms with van der Waals surface area (Å²) in [5, 5.41) is 0. The van der Waals surface area contributed by atoms with Crippen LogP contribution in [0.1, 0.15) is 59.8 Å². The molecule has 0 saturated heterocycles. The van der Waals surface area contributed by atoms with Crippen molar-refractivity contribution in [2.45, 2.75) is 59.8 Å². The van der Waals surface area contributed by atoms with Gasteiger partial charge in [0.1, 0.15) is 0 Å². The normalized spacial score (nSPS) is 12.6. The van der Waals surface area contributed by atoms with E-state index in [2.05, 4.69) is 33.8 Å². The zero-order valence-electron chi connectivity index (χ0n) is 9.19. The van der Waals surface area contributed by atoms with Gasteiger partial charge in [0.15, 0.2) is 0 Å². The lowest BCUT2D eigenvalue weighted by Gasteiger charge is -2.04. The van der Waals surface area contributed by atoms with Gasteiger partial charge in [-0.15, -0.1) is 0 Å². The summed E-state index contributed by atoms with van der Waals surface area (Å²) >= 11 is 0. The molecule has 12 heavy (non-hydrogen) atoms. The summed E-state index contributed by atoms with van der Waals surface area (Å²) < 4.78 is 0. The molecule has 0 spiro atoms. The molecule has 0 radical (unpaired) electrons. The molecule has 0 aromatic rings. The first-order valence-corrected chi connectivity index (χ1v) is 5.35. The Morgan fingerprint density at radius 2 is 1.83 bits per heavy atom. The van der Waals surface area contributed by atoms with Gasteiger partial charge in [-0.1, -0.05) is 51.7 Å². The van der Waals surface area contributed by atoms with Crippen molar-refractivity contribution in [2.24, 2.45) is 5.92 Å². The number of rotatable bonds is 6. The number of unbranched alkanes of at least 4 members (excludes halogenated alkanes) is 4. The van der Waals surface area contributed by atoms with Gasteiger partial charge < -0.3 is 0 Å². The van der Waals surface area contributed by atoms with E-state index in [9.17, 15) is 0 Å². The molecule has 0 aliphatic rings. The Hall–Kier alpha value is -0.260. The highest BCUT2D eigenvalue weighted by molar-refractivity contribution is 5.00. The first-order valence-electron chi connectivity index (χ1n) is 5.35. The molecule has 72 valence electrons. The van der Waals surface area contributed by atoms with Crippen LogP contribution in [-0.2, 0) is 0 Å². The molecule has 0 bridgehead atoms. The fraction of sp³-hybridized carbons (Fsp3) is 0.833. The van der Waals surface area contributed by atoms with E-state index in [-0.39, 0.29) is 0 Å². The third kappa shape index (κ3) is 6.45. The van der Waals surface area contributed by atoms with Gasteiger partial charge in [-0.2, -0.15) is 0 Å². The molecule has 0 unspecified atom stereocenters. The van der Waals surface area contributed by atoms with Gasteiger partial charge >= 0.3 is 0 Å². The Morgan fingerprint density at radius 3 is 2.33 bits per heavy atom. The van der Waals surface area contributed by atoms with Crippen molar-refractivity contribution < 1.29 is 0 Å². The molecule has 0 heteroatoms. The fourth-order valence-electron chi connectivity index (χ4n) is 1.14. The maximum absolute atomic E-state index is 2.40. The van der Waals surface area contributed by atoms with Crippen LogP contribution in [0.5, 0.6) is 0 Å². The van der Waals surface area contributed by atoms with Gasteiger partial charge in [-0.25, -0.2) is 0 Å². The van der Waals surface area contributed by atoms with Crippen LogP contribution in [0.3, 0.4) is 0 Å². The molecule has 0 aliphatic heterocycles. The summed E-state index contributed by atoms with van der Waals surface area (Å²) in [6.45, 7) is 9.02. The van der Waals surface area contributed by atoms with Crippen LogP contribution in [0.2, 0.25) is 0 Å². The summed E-state index contributed by atoms with van der Waals surface area (Å²) in [6, 6.07) is 0.